The fraction of sp³-hybridized carbons (Fsp3) is 0.533. The maximum absolute atomic E-state index is 14.3. The van der Waals surface area contributed by atoms with Crippen molar-refractivity contribution in [1.29, 1.82) is 0 Å². The molecule has 1 aliphatic carbocycles. The van der Waals surface area contributed by atoms with E-state index in [4.69, 9.17) is 23.2 Å². The van der Waals surface area contributed by atoms with Crippen molar-refractivity contribution in [2.24, 2.45) is 11.3 Å². The van der Waals surface area contributed by atoms with Gasteiger partial charge in [0.25, 0.3) is 0 Å². The number of rotatable bonds is 6. The molecule has 41 heavy (non-hydrogen) atoms. The lowest BCUT2D eigenvalue weighted by Gasteiger charge is -2.34. The minimum atomic E-state index is -4.76. The summed E-state index contributed by atoms with van der Waals surface area (Å²) in [7, 11) is 1.82. The van der Waals surface area contributed by atoms with Crippen LogP contribution in [0.25, 0.3) is 0 Å². The van der Waals surface area contributed by atoms with Gasteiger partial charge in [0.1, 0.15) is 5.82 Å². The van der Waals surface area contributed by atoms with E-state index in [1.165, 1.54) is 6.07 Å². The molecule has 2 saturated heterocycles. The average Bonchev–Trinajstić information content (AvgIpc) is 3.51. The van der Waals surface area contributed by atoms with Crippen molar-refractivity contribution in [1.82, 2.24) is 14.7 Å². The largest absolute Gasteiger partial charge is 0.419 e. The monoisotopic (exact) mass is 613 g/mol. The van der Waals surface area contributed by atoms with Crippen molar-refractivity contribution in [3.8, 4) is 0 Å². The van der Waals surface area contributed by atoms with E-state index >= 15 is 0 Å². The molecule has 0 unspecified atom stereocenters. The summed E-state index contributed by atoms with van der Waals surface area (Å²) in [5, 5.41) is 0.800. The third-order valence-corrected chi connectivity index (χ3v) is 9.70. The van der Waals surface area contributed by atoms with Gasteiger partial charge in [-0.25, -0.2) is 4.39 Å². The van der Waals surface area contributed by atoms with Gasteiger partial charge in [0.15, 0.2) is 0 Å². The van der Waals surface area contributed by atoms with Gasteiger partial charge in [-0.2, -0.15) is 13.2 Å². The molecule has 1 saturated carbocycles. The van der Waals surface area contributed by atoms with Gasteiger partial charge >= 0.3 is 6.18 Å². The third-order valence-electron chi connectivity index (χ3n) is 8.96. The molecule has 2 aliphatic heterocycles. The van der Waals surface area contributed by atoms with E-state index in [1.807, 2.05) is 34.7 Å². The number of nitrogens with zero attached hydrogens (tertiary/aromatic N) is 3. The van der Waals surface area contributed by atoms with Gasteiger partial charge in [0.2, 0.25) is 11.8 Å². The zero-order valence-electron chi connectivity index (χ0n) is 23.0. The van der Waals surface area contributed by atoms with Crippen molar-refractivity contribution >= 4 is 35.0 Å². The fourth-order valence-corrected chi connectivity index (χ4v) is 6.45. The molecule has 2 aromatic rings. The van der Waals surface area contributed by atoms with Gasteiger partial charge in [-0.3, -0.25) is 14.5 Å². The highest BCUT2D eigenvalue weighted by molar-refractivity contribution is 6.42. The Morgan fingerprint density at radius 1 is 1.00 bits per heavy atom. The molecule has 2 atom stereocenters. The van der Waals surface area contributed by atoms with Gasteiger partial charge in [0, 0.05) is 56.0 Å². The number of likely N-dealkylation sites (N-methyl/N-ethyl adjacent to an activating group) is 1. The van der Waals surface area contributed by atoms with E-state index in [-0.39, 0.29) is 41.7 Å². The fourth-order valence-electron chi connectivity index (χ4n) is 6.15. The van der Waals surface area contributed by atoms with E-state index in [1.54, 1.807) is 12.1 Å². The van der Waals surface area contributed by atoms with Crippen molar-refractivity contribution in [2.75, 3.05) is 33.2 Å². The Hall–Kier alpha value is -2.36. The topological polar surface area (TPSA) is 43.9 Å². The highest BCUT2D eigenvalue weighted by Gasteiger charge is 2.48. The standard InChI is InChI=1S/C30H33Cl2F4N3O2/c1-29(9-10-29)28(41)38-11-7-19(8-12-38)27(40)39-16-21(20-4-6-23(31)24(32)14-20)26(17-39)37(2)15-18-3-5-22(25(33)13-18)30(34,35)36/h3-6,13-14,19,21,26H,7-12,15-17H2,1-2H3/t21-,26+/m1/s1. The summed E-state index contributed by atoms with van der Waals surface area (Å²) in [5.41, 5.74) is -0.235. The number of piperidine rings is 1. The number of halogens is 6. The van der Waals surface area contributed by atoms with Gasteiger partial charge in [0.05, 0.1) is 15.6 Å². The normalized spacial score (nSPS) is 22.9. The van der Waals surface area contributed by atoms with Crippen LogP contribution in [0.15, 0.2) is 36.4 Å². The van der Waals surface area contributed by atoms with E-state index in [9.17, 15) is 27.2 Å². The van der Waals surface area contributed by atoms with Crippen LogP contribution in [0.2, 0.25) is 10.0 Å². The zero-order chi connectivity index (χ0) is 29.7. The molecule has 0 N–H and O–H groups in total. The smallest absolute Gasteiger partial charge is 0.342 e. The minimum absolute atomic E-state index is 0.0382. The molecule has 2 aromatic carbocycles. The Kier molecular flexibility index (Phi) is 8.36. The number of alkyl halides is 3. The molecule has 3 aliphatic rings. The minimum Gasteiger partial charge on any atom is -0.342 e. The highest BCUT2D eigenvalue weighted by atomic mass is 35.5. The van der Waals surface area contributed by atoms with Crippen LogP contribution in [0.1, 0.15) is 55.2 Å². The summed E-state index contributed by atoms with van der Waals surface area (Å²) < 4.78 is 53.4. The van der Waals surface area contributed by atoms with E-state index in [2.05, 4.69) is 0 Å². The molecule has 0 radical (unpaired) electrons. The molecule has 222 valence electrons. The molecular formula is C30H33Cl2F4N3O2. The van der Waals surface area contributed by atoms with Crippen LogP contribution in [-0.2, 0) is 22.3 Å². The van der Waals surface area contributed by atoms with Crippen LogP contribution in [0.4, 0.5) is 17.6 Å². The average molecular weight is 615 g/mol. The van der Waals surface area contributed by atoms with E-state index in [0.29, 0.717) is 54.6 Å². The summed E-state index contributed by atoms with van der Waals surface area (Å²) in [6.45, 7) is 4.16. The SMILES string of the molecule is CN(Cc1ccc(C(F)(F)F)c(F)c1)[C@H]1CN(C(=O)C2CCN(C(=O)C3(C)CC3)CC2)C[C@@H]1c1ccc(Cl)c(Cl)c1. The molecule has 0 spiro atoms. The summed E-state index contributed by atoms with van der Waals surface area (Å²) >= 11 is 12.5. The number of hydrogen-bond acceptors (Lipinski definition) is 3. The molecule has 2 heterocycles. The van der Waals surface area contributed by atoms with Gasteiger partial charge < -0.3 is 9.80 Å². The van der Waals surface area contributed by atoms with Crippen molar-refractivity contribution < 1.29 is 27.2 Å². The lowest BCUT2D eigenvalue weighted by molar-refractivity contribution is -0.142. The lowest BCUT2D eigenvalue weighted by atomic mass is 9.93. The van der Waals surface area contributed by atoms with Crippen molar-refractivity contribution in [2.45, 2.75) is 57.3 Å². The lowest BCUT2D eigenvalue weighted by Crippen LogP contribution is -2.46. The summed E-state index contributed by atoms with van der Waals surface area (Å²) in [6.07, 6.45) is -1.70. The number of hydrogen-bond donors (Lipinski definition) is 0. The molecule has 5 rings (SSSR count). The second kappa shape index (κ2) is 11.4. The summed E-state index contributed by atoms with van der Waals surface area (Å²) in [5.74, 6) is -1.42. The number of likely N-dealkylation sites (tertiary alicyclic amines) is 2. The molecule has 3 fully saturated rings. The first-order chi connectivity index (χ1) is 19.3. The maximum atomic E-state index is 14.3. The Balaban J connectivity index is 1.31. The molecule has 0 aromatic heterocycles. The Bertz CT molecular complexity index is 1330. The van der Waals surface area contributed by atoms with Crippen LogP contribution >= 0.6 is 23.2 Å². The number of carbonyl (C=O) groups is 2. The summed E-state index contributed by atoms with van der Waals surface area (Å²) in [4.78, 5) is 32.1. The first-order valence-corrected chi connectivity index (χ1v) is 14.6. The Labute approximate surface area is 247 Å². The molecule has 5 nitrogen and oxygen atoms in total. The second-order valence-electron chi connectivity index (χ2n) is 11.9. The predicted molar refractivity (Wildman–Crippen MR) is 149 cm³/mol. The van der Waals surface area contributed by atoms with Gasteiger partial charge in [-0.1, -0.05) is 42.3 Å². The first-order valence-electron chi connectivity index (χ1n) is 13.9. The number of carbonyl (C=O) groups excluding carboxylic acids is 2. The molecule has 2 amide bonds. The van der Waals surface area contributed by atoms with Crippen LogP contribution in [0, 0.1) is 17.2 Å². The number of benzene rings is 2. The van der Waals surface area contributed by atoms with Gasteiger partial charge in [-0.15, -0.1) is 0 Å². The second-order valence-corrected chi connectivity index (χ2v) is 12.8. The Morgan fingerprint density at radius 2 is 1.68 bits per heavy atom. The Morgan fingerprint density at radius 3 is 2.27 bits per heavy atom. The molecule has 11 heteroatoms. The molecular weight excluding hydrogens is 581 g/mol. The van der Waals surface area contributed by atoms with Crippen LogP contribution < -0.4 is 0 Å². The highest BCUT2D eigenvalue weighted by Crippen LogP contribution is 2.47. The molecule has 0 bridgehead atoms. The van der Waals surface area contributed by atoms with Crippen LogP contribution in [0.3, 0.4) is 0 Å². The maximum Gasteiger partial charge on any atom is 0.419 e. The van der Waals surface area contributed by atoms with Crippen molar-refractivity contribution in [3.05, 3.63) is 69.0 Å². The van der Waals surface area contributed by atoms with Gasteiger partial charge in [-0.05, 0) is 68.1 Å². The van der Waals surface area contributed by atoms with E-state index < -0.39 is 17.6 Å². The van der Waals surface area contributed by atoms with E-state index in [0.717, 1.165) is 30.5 Å². The van der Waals surface area contributed by atoms with Crippen LogP contribution in [0.5, 0.6) is 0 Å². The first kappa shape index (κ1) is 30.1. The number of amides is 2. The third kappa shape index (κ3) is 6.37. The van der Waals surface area contributed by atoms with Crippen molar-refractivity contribution in [3.63, 3.8) is 0 Å². The quantitative estimate of drug-likeness (QED) is 0.344. The summed E-state index contributed by atoms with van der Waals surface area (Å²) in [6, 6.07) is 8.13. The predicted octanol–water partition coefficient (Wildman–Crippen LogP) is 6.62. The van der Waals surface area contributed by atoms with Crippen LogP contribution in [-0.4, -0.2) is 65.8 Å². The zero-order valence-corrected chi connectivity index (χ0v) is 24.5.